The van der Waals surface area contributed by atoms with Crippen molar-refractivity contribution in [1.29, 1.82) is 0 Å². The first-order valence-electron chi connectivity index (χ1n) is 15.3. The Hall–Kier alpha value is -6.06. The van der Waals surface area contributed by atoms with Gasteiger partial charge >= 0.3 is 0 Å². The van der Waals surface area contributed by atoms with E-state index in [0.717, 1.165) is 50.1 Å². The van der Waals surface area contributed by atoms with Gasteiger partial charge in [0.05, 0.1) is 16.9 Å². The van der Waals surface area contributed by atoms with Crippen molar-refractivity contribution in [3.8, 4) is 44.9 Å². The van der Waals surface area contributed by atoms with Gasteiger partial charge in [0.2, 0.25) is 0 Å². The van der Waals surface area contributed by atoms with Crippen LogP contribution in [0.2, 0.25) is 0 Å². The molecule has 0 atom stereocenters. The Balaban J connectivity index is 1.33. The summed E-state index contributed by atoms with van der Waals surface area (Å²) in [5, 5.41) is 12.6. The van der Waals surface area contributed by atoms with Crippen LogP contribution in [-0.4, -0.2) is 14.6 Å². The van der Waals surface area contributed by atoms with Crippen molar-refractivity contribution in [1.82, 2.24) is 14.6 Å². The fraction of sp³-hybridized carbons (Fsp3) is 0. The Morgan fingerprint density at radius 2 is 1.11 bits per heavy atom. The Kier molecular flexibility index (Phi) is 5.82. The molecule has 0 N–H and O–H groups in total. The van der Waals surface area contributed by atoms with Gasteiger partial charge in [0.25, 0.3) is 0 Å². The lowest BCUT2D eigenvalue weighted by Gasteiger charge is -2.11. The molecule has 3 aromatic heterocycles. The summed E-state index contributed by atoms with van der Waals surface area (Å²) in [6.07, 6.45) is 1.84. The summed E-state index contributed by atoms with van der Waals surface area (Å²) in [6.45, 7) is 0. The summed E-state index contributed by atoms with van der Waals surface area (Å²) < 4.78 is 2.10. The third kappa shape index (κ3) is 4.21. The van der Waals surface area contributed by atoms with Crippen molar-refractivity contribution in [2.24, 2.45) is 0 Å². The summed E-state index contributed by atoms with van der Waals surface area (Å²) in [5.41, 5.74) is 9.62. The fourth-order valence-corrected chi connectivity index (χ4v) is 6.69. The number of nitrogens with zero attached hydrogens (tertiary/aromatic N) is 3. The van der Waals surface area contributed by atoms with E-state index >= 15 is 0 Å². The second-order valence-electron chi connectivity index (χ2n) is 11.5. The van der Waals surface area contributed by atoms with Gasteiger partial charge in [-0.1, -0.05) is 133 Å². The molecule has 0 saturated carbocycles. The number of pyridine rings is 2. The van der Waals surface area contributed by atoms with Gasteiger partial charge in [0.1, 0.15) is 5.69 Å². The highest BCUT2D eigenvalue weighted by molar-refractivity contribution is 6.09. The quantitative estimate of drug-likeness (QED) is 0.210. The summed E-state index contributed by atoms with van der Waals surface area (Å²) in [4.78, 5) is 4.74. The van der Waals surface area contributed by atoms with Crippen LogP contribution in [0.5, 0.6) is 0 Å². The maximum absolute atomic E-state index is 5.39. The Bertz CT molecular complexity index is 2520. The second kappa shape index (κ2) is 10.3. The smallest absolute Gasteiger partial charge is 0.101 e. The van der Waals surface area contributed by atoms with Crippen molar-refractivity contribution in [3.63, 3.8) is 0 Å². The van der Waals surface area contributed by atoms with Crippen LogP contribution >= 0.6 is 0 Å². The van der Waals surface area contributed by atoms with E-state index in [1.165, 1.54) is 32.7 Å². The van der Waals surface area contributed by atoms with E-state index in [-0.39, 0.29) is 0 Å². The summed E-state index contributed by atoms with van der Waals surface area (Å²) in [6, 6.07) is 56.1. The minimum absolute atomic E-state index is 0.888. The maximum Gasteiger partial charge on any atom is 0.101 e. The molecule has 0 aliphatic carbocycles. The van der Waals surface area contributed by atoms with Gasteiger partial charge in [-0.2, -0.15) is 5.10 Å². The van der Waals surface area contributed by atoms with E-state index < -0.39 is 0 Å². The second-order valence-corrected chi connectivity index (χ2v) is 11.5. The molecule has 210 valence electrons. The lowest BCUT2D eigenvalue weighted by atomic mass is 9.94. The largest absolute Gasteiger partial charge is 0.255 e. The Morgan fingerprint density at radius 1 is 0.444 bits per heavy atom. The summed E-state index contributed by atoms with van der Waals surface area (Å²) in [5.74, 6) is 0. The van der Waals surface area contributed by atoms with Crippen molar-refractivity contribution in [3.05, 3.63) is 164 Å². The molecule has 9 aromatic rings. The van der Waals surface area contributed by atoms with Crippen LogP contribution < -0.4 is 0 Å². The summed E-state index contributed by atoms with van der Waals surface area (Å²) in [7, 11) is 0. The molecule has 3 nitrogen and oxygen atoms in total. The molecule has 6 aromatic carbocycles. The molecule has 0 saturated heterocycles. The van der Waals surface area contributed by atoms with E-state index in [4.69, 9.17) is 10.1 Å². The molecule has 0 spiro atoms. The summed E-state index contributed by atoms with van der Waals surface area (Å²) >= 11 is 0. The molecule has 0 amide bonds. The van der Waals surface area contributed by atoms with Gasteiger partial charge < -0.3 is 0 Å². The van der Waals surface area contributed by atoms with Crippen LogP contribution in [0.3, 0.4) is 0 Å². The SMILES string of the molecule is c1ccc(-c2cc3ccccc3c3c(-c4ccc5ccccc5c4)c(-c4ccc(-c5cccc6ccccc56)cc4)nn23)nc1. The molecular weight excluding hydrogens is 546 g/mol. The van der Waals surface area contributed by atoms with Gasteiger partial charge in [-0.05, 0) is 67.9 Å². The van der Waals surface area contributed by atoms with Gasteiger partial charge in [-0.15, -0.1) is 0 Å². The molecule has 0 radical (unpaired) electrons. The highest BCUT2D eigenvalue weighted by Gasteiger charge is 2.22. The molecule has 3 heteroatoms. The van der Waals surface area contributed by atoms with E-state index in [9.17, 15) is 0 Å². The Labute approximate surface area is 260 Å². The zero-order valence-corrected chi connectivity index (χ0v) is 24.4. The van der Waals surface area contributed by atoms with Gasteiger partial charge in [-0.25, -0.2) is 4.52 Å². The third-order valence-corrected chi connectivity index (χ3v) is 8.85. The zero-order chi connectivity index (χ0) is 29.7. The van der Waals surface area contributed by atoms with E-state index in [2.05, 4.69) is 150 Å². The fourth-order valence-electron chi connectivity index (χ4n) is 6.69. The lowest BCUT2D eigenvalue weighted by molar-refractivity contribution is 0.972. The molecule has 0 aliphatic heterocycles. The minimum atomic E-state index is 0.888. The lowest BCUT2D eigenvalue weighted by Crippen LogP contribution is -1.97. The highest BCUT2D eigenvalue weighted by atomic mass is 15.2. The number of aromatic nitrogens is 3. The number of hydrogen-bond acceptors (Lipinski definition) is 2. The molecule has 0 bridgehead atoms. The van der Waals surface area contributed by atoms with Crippen LogP contribution in [0, 0.1) is 0 Å². The van der Waals surface area contributed by atoms with Gasteiger partial charge in [0.15, 0.2) is 0 Å². The zero-order valence-electron chi connectivity index (χ0n) is 24.4. The van der Waals surface area contributed by atoms with Crippen LogP contribution in [0.4, 0.5) is 0 Å². The monoisotopic (exact) mass is 573 g/mol. The average Bonchev–Trinajstić information content (AvgIpc) is 3.52. The maximum atomic E-state index is 5.39. The van der Waals surface area contributed by atoms with Crippen LogP contribution in [0.25, 0.3) is 82.7 Å². The molecule has 0 unspecified atom stereocenters. The minimum Gasteiger partial charge on any atom is -0.255 e. The van der Waals surface area contributed by atoms with Crippen LogP contribution in [-0.2, 0) is 0 Å². The first-order chi connectivity index (χ1) is 22.3. The predicted octanol–water partition coefficient (Wildman–Crippen LogP) is 10.9. The van der Waals surface area contributed by atoms with Crippen LogP contribution in [0.15, 0.2) is 164 Å². The number of hydrogen-bond donors (Lipinski definition) is 0. The molecule has 0 fully saturated rings. The van der Waals surface area contributed by atoms with Gasteiger partial charge in [0, 0.05) is 22.7 Å². The third-order valence-electron chi connectivity index (χ3n) is 8.85. The van der Waals surface area contributed by atoms with E-state index in [1.54, 1.807) is 0 Å². The standard InChI is InChI=1S/C42H27N3/c1-2-12-32-26-34(24-19-28(32)10-1)40-41(31-22-20-30(21-23-31)36-17-9-14-29-11-3-5-15-35(29)36)44-45-39(38-18-7-8-25-43-38)27-33-13-4-6-16-37(33)42(40)45/h1-27H. The number of benzene rings is 6. The molecule has 45 heavy (non-hydrogen) atoms. The van der Waals surface area contributed by atoms with Crippen molar-refractivity contribution >= 4 is 37.8 Å². The van der Waals surface area contributed by atoms with Crippen molar-refractivity contribution in [2.45, 2.75) is 0 Å². The molecule has 0 aliphatic rings. The van der Waals surface area contributed by atoms with Crippen molar-refractivity contribution < 1.29 is 0 Å². The van der Waals surface area contributed by atoms with E-state index in [1.807, 2.05) is 18.3 Å². The average molecular weight is 574 g/mol. The molecule has 3 heterocycles. The van der Waals surface area contributed by atoms with E-state index in [0.29, 0.717) is 0 Å². The Morgan fingerprint density at radius 3 is 1.93 bits per heavy atom. The molecular formula is C42H27N3. The first-order valence-corrected chi connectivity index (χ1v) is 15.3. The normalized spacial score (nSPS) is 11.6. The number of fused-ring (bicyclic) bond motifs is 5. The molecule has 9 rings (SSSR count). The predicted molar refractivity (Wildman–Crippen MR) is 187 cm³/mol. The van der Waals surface area contributed by atoms with Crippen molar-refractivity contribution in [2.75, 3.05) is 0 Å². The number of rotatable bonds is 4. The topological polar surface area (TPSA) is 30.2 Å². The van der Waals surface area contributed by atoms with Crippen LogP contribution in [0.1, 0.15) is 0 Å². The van der Waals surface area contributed by atoms with Gasteiger partial charge in [-0.3, -0.25) is 4.98 Å². The first kappa shape index (κ1) is 25.4. The highest BCUT2D eigenvalue weighted by Crippen LogP contribution is 2.42.